The Labute approximate surface area is 106 Å². The highest BCUT2D eigenvalue weighted by atomic mass is 32.2. The highest BCUT2D eigenvalue weighted by molar-refractivity contribution is 7.99. The Balaban J connectivity index is 2.34. The number of hydrogen-bond donors (Lipinski definition) is 1. The van der Waals surface area contributed by atoms with E-state index in [9.17, 15) is 13.6 Å². The molecule has 0 atom stereocenters. The minimum absolute atomic E-state index is 0.243. The summed E-state index contributed by atoms with van der Waals surface area (Å²) in [7, 11) is 0. The molecule has 2 N–H and O–H groups in total. The summed E-state index contributed by atoms with van der Waals surface area (Å²) in [6.07, 6.45) is 1.49. The van der Waals surface area contributed by atoms with E-state index in [0.29, 0.717) is 9.92 Å². The molecule has 1 aromatic carbocycles. The van der Waals surface area contributed by atoms with Gasteiger partial charge in [-0.2, -0.15) is 0 Å². The van der Waals surface area contributed by atoms with E-state index < -0.39 is 17.5 Å². The molecule has 0 spiro atoms. The average molecular weight is 266 g/mol. The van der Waals surface area contributed by atoms with Crippen molar-refractivity contribution in [2.24, 2.45) is 5.73 Å². The molecule has 2 rings (SSSR count). The predicted molar refractivity (Wildman–Crippen MR) is 63.2 cm³/mol. The Kier molecular flexibility index (Phi) is 3.57. The van der Waals surface area contributed by atoms with Crippen LogP contribution in [-0.4, -0.2) is 10.9 Å². The molecule has 0 saturated carbocycles. The molecule has 0 aliphatic heterocycles. The summed E-state index contributed by atoms with van der Waals surface area (Å²) in [6, 6.07) is 6.57. The monoisotopic (exact) mass is 266 g/mol. The van der Waals surface area contributed by atoms with Gasteiger partial charge in [0.25, 0.3) is 5.91 Å². The average Bonchev–Trinajstić information content (AvgIpc) is 2.34. The van der Waals surface area contributed by atoms with Crippen molar-refractivity contribution in [3.8, 4) is 0 Å². The lowest BCUT2D eigenvalue weighted by atomic mass is 10.3. The van der Waals surface area contributed by atoms with Crippen LogP contribution in [0.4, 0.5) is 8.78 Å². The van der Waals surface area contributed by atoms with Gasteiger partial charge < -0.3 is 5.73 Å². The summed E-state index contributed by atoms with van der Waals surface area (Å²) >= 11 is 1.05. The third-order valence-electron chi connectivity index (χ3n) is 2.14. The summed E-state index contributed by atoms with van der Waals surface area (Å²) in [4.78, 5) is 15.6. The minimum Gasteiger partial charge on any atom is -0.366 e. The van der Waals surface area contributed by atoms with Crippen molar-refractivity contribution in [2.45, 2.75) is 9.92 Å². The van der Waals surface area contributed by atoms with Gasteiger partial charge in [0.15, 0.2) is 11.6 Å². The maximum Gasteiger partial charge on any atom is 0.251 e. The normalized spacial score (nSPS) is 10.3. The summed E-state index contributed by atoms with van der Waals surface area (Å²) in [5, 5.41) is 0.357. The quantitative estimate of drug-likeness (QED) is 0.929. The molecular weight excluding hydrogens is 258 g/mol. The Bertz CT molecular complexity index is 604. The molecule has 1 aromatic heterocycles. The number of halogens is 2. The van der Waals surface area contributed by atoms with E-state index >= 15 is 0 Å². The Morgan fingerprint density at radius 3 is 2.67 bits per heavy atom. The van der Waals surface area contributed by atoms with Crippen LogP contribution >= 0.6 is 11.8 Å². The molecular formula is C12H8F2N2OS. The number of carbonyl (C=O) groups excluding carboxylic acids is 1. The standard InChI is InChI=1S/C12H8F2N2OS/c13-9-4-3-7(6-10(9)14)18-12-8(11(15)17)2-1-5-16-12/h1-6H,(H2,15,17). The summed E-state index contributed by atoms with van der Waals surface area (Å²) in [5.74, 6) is -2.49. The fraction of sp³-hybridized carbons (Fsp3) is 0. The third-order valence-corrected chi connectivity index (χ3v) is 3.15. The Morgan fingerprint density at radius 1 is 1.22 bits per heavy atom. The molecule has 0 aliphatic carbocycles. The SMILES string of the molecule is NC(=O)c1cccnc1Sc1ccc(F)c(F)c1. The second-order valence-electron chi connectivity index (χ2n) is 3.40. The van der Waals surface area contributed by atoms with Crippen LogP contribution in [0.15, 0.2) is 46.5 Å². The topological polar surface area (TPSA) is 56.0 Å². The van der Waals surface area contributed by atoms with Gasteiger partial charge >= 0.3 is 0 Å². The molecule has 1 amide bonds. The number of carbonyl (C=O) groups is 1. The first-order valence-corrected chi connectivity index (χ1v) is 5.77. The summed E-state index contributed by atoms with van der Waals surface area (Å²) in [6.45, 7) is 0. The molecule has 2 aromatic rings. The number of benzene rings is 1. The van der Waals surface area contributed by atoms with Gasteiger partial charge in [-0.1, -0.05) is 11.8 Å². The smallest absolute Gasteiger partial charge is 0.251 e. The molecule has 0 radical (unpaired) electrons. The van der Waals surface area contributed by atoms with E-state index in [4.69, 9.17) is 5.73 Å². The van der Waals surface area contributed by atoms with Crippen LogP contribution in [0.25, 0.3) is 0 Å². The van der Waals surface area contributed by atoms with Crippen molar-refractivity contribution in [1.82, 2.24) is 4.98 Å². The predicted octanol–water partition coefficient (Wildman–Crippen LogP) is 2.61. The second-order valence-corrected chi connectivity index (χ2v) is 4.46. The number of rotatable bonds is 3. The van der Waals surface area contributed by atoms with E-state index in [1.54, 1.807) is 6.07 Å². The number of pyridine rings is 1. The zero-order chi connectivity index (χ0) is 13.1. The summed E-state index contributed by atoms with van der Waals surface area (Å²) in [5.41, 5.74) is 5.44. The fourth-order valence-electron chi connectivity index (χ4n) is 1.31. The van der Waals surface area contributed by atoms with Crippen molar-refractivity contribution in [3.63, 3.8) is 0 Å². The maximum atomic E-state index is 13.0. The van der Waals surface area contributed by atoms with E-state index in [-0.39, 0.29) is 5.56 Å². The van der Waals surface area contributed by atoms with Crippen molar-refractivity contribution in [3.05, 3.63) is 53.7 Å². The van der Waals surface area contributed by atoms with Crippen LogP contribution in [0.5, 0.6) is 0 Å². The van der Waals surface area contributed by atoms with Gasteiger partial charge in [-0.25, -0.2) is 13.8 Å². The number of primary amides is 1. The largest absolute Gasteiger partial charge is 0.366 e. The number of nitrogens with zero attached hydrogens (tertiary/aromatic N) is 1. The fourth-order valence-corrected chi connectivity index (χ4v) is 2.23. The van der Waals surface area contributed by atoms with Gasteiger partial charge in [0.05, 0.1) is 5.56 Å². The van der Waals surface area contributed by atoms with Gasteiger partial charge in [0, 0.05) is 11.1 Å². The van der Waals surface area contributed by atoms with Crippen LogP contribution in [0, 0.1) is 11.6 Å². The van der Waals surface area contributed by atoms with Crippen LogP contribution < -0.4 is 5.73 Å². The lowest BCUT2D eigenvalue weighted by Crippen LogP contribution is -2.12. The number of hydrogen-bond acceptors (Lipinski definition) is 3. The van der Waals surface area contributed by atoms with Gasteiger partial charge in [-0.15, -0.1) is 0 Å². The van der Waals surface area contributed by atoms with Gasteiger partial charge in [-0.3, -0.25) is 4.79 Å². The Hall–Kier alpha value is -1.95. The first-order chi connectivity index (χ1) is 8.58. The second kappa shape index (κ2) is 5.14. The molecule has 3 nitrogen and oxygen atoms in total. The molecule has 1 heterocycles. The van der Waals surface area contributed by atoms with Crippen molar-refractivity contribution < 1.29 is 13.6 Å². The lowest BCUT2D eigenvalue weighted by Gasteiger charge is -2.05. The number of amides is 1. The van der Waals surface area contributed by atoms with Crippen molar-refractivity contribution in [2.75, 3.05) is 0 Å². The molecule has 0 saturated heterocycles. The van der Waals surface area contributed by atoms with E-state index in [1.165, 1.54) is 18.3 Å². The molecule has 18 heavy (non-hydrogen) atoms. The number of nitrogens with two attached hydrogens (primary N) is 1. The van der Waals surface area contributed by atoms with Gasteiger partial charge in [0.2, 0.25) is 0 Å². The molecule has 92 valence electrons. The molecule has 0 bridgehead atoms. The molecule has 0 unspecified atom stereocenters. The zero-order valence-corrected chi connectivity index (χ0v) is 9.88. The van der Waals surface area contributed by atoms with Crippen molar-refractivity contribution >= 4 is 17.7 Å². The maximum absolute atomic E-state index is 13.0. The number of aromatic nitrogens is 1. The lowest BCUT2D eigenvalue weighted by molar-refractivity contribution is 0.0997. The van der Waals surface area contributed by atoms with Crippen LogP contribution in [0.2, 0.25) is 0 Å². The summed E-state index contributed by atoms with van der Waals surface area (Å²) < 4.78 is 25.8. The van der Waals surface area contributed by atoms with Crippen LogP contribution in [0.1, 0.15) is 10.4 Å². The van der Waals surface area contributed by atoms with Gasteiger partial charge in [-0.05, 0) is 30.3 Å². The first kappa shape index (κ1) is 12.5. The van der Waals surface area contributed by atoms with Crippen molar-refractivity contribution in [1.29, 1.82) is 0 Å². The highest BCUT2D eigenvalue weighted by Crippen LogP contribution is 2.29. The first-order valence-electron chi connectivity index (χ1n) is 4.95. The Morgan fingerprint density at radius 2 is 2.00 bits per heavy atom. The minimum atomic E-state index is -0.948. The highest BCUT2D eigenvalue weighted by Gasteiger charge is 2.11. The molecule has 0 aliphatic rings. The van der Waals surface area contributed by atoms with Gasteiger partial charge in [0.1, 0.15) is 5.03 Å². The van der Waals surface area contributed by atoms with E-state index in [2.05, 4.69) is 4.98 Å². The van der Waals surface area contributed by atoms with E-state index in [0.717, 1.165) is 23.9 Å². The van der Waals surface area contributed by atoms with Crippen LogP contribution in [-0.2, 0) is 0 Å². The van der Waals surface area contributed by atoms with Crippen LogP contribution in [0.3, 0.4) is 0 Å². The zero-order valence-electron chi connectivity index (χ0n) is 9.06. The third kappa shape index (κ3) is 2.65. The molecule has 6 heteroatoms. The molecule has 0 fully saturated rings. The van der Waals surface area contributed by atoms with E-state index in [1.807, 2.05) is 0 Å².